The number of aromatic nitrogens is 3. The maximum Gasteiger partial charge on any atom is 0.291 e. The summed E-state index contributed by atoms with van der Waals surface area (Å²) in [5.41, 5.74) is 3.47. The summed E-state index contributed by atoms with van der Waals surface area (Å²) in [6.07, 6.45) is 1.70. The van der Waals surface area contributed by atoms with Crippen molar-refractivity contribution in [3.05, 3.63) is 69.6 Å². The number of piperazine rings is 1. The van der Waals surface area contributed by atoms with Crippen LogP contribution in [0.3, 0.4) is 0 Å². The number of nitrogens with zero attached hydrogens (tertiary/aromatic N) is 5. The number of benzene rings is 2. The Hall–Kier alpha value is -3.32. The third-order valence-electron chi connectivity index (χ3n) is 6.30. The van der Waals surface area contributed by atoms with Gasteiger partial charge in [-0.2, -0.15) is 5.10 Å². The largest absolute Gasteiger partial charge is 0.368 e. The molecule has 8 heteroatoms. The van der Waals surface area contributed by atoms with Crippen LogP contribution >= 0.6 is 11.6 Å². The summed E-state index contributed by atoms with van der Waals surface area (Å²) in [6.45, 7) is 4.93. The number of anilines is 1. The standard InChI is InChI=1S/C24H24ClN5O2/c1-16-7-8-17(25)13-21(16)28-9-11-29(12-10-28)22(31)15-30-20-6-4-3-5-18(20)19-14-26-27(2)24(32)23(19)30/h3-8,13-14H,9-12,15H2,1-2H3. The van der Waals surface area contributed by atoms with E-state index in [9.17, 15) is 9.59 Å². The second-order valence-electron chi connectivity index (χ2n) is 8.24. The van der Waals surface area contributed by atoms with Gasteiger partial charge < -0.3 is 14.4 Å². The van der Waals surface area contributed by atoms with Crippen LogP contribution in [0.2, 0.25) is 5.02 Å². The molecule has 1 aliphatic heterocycles. The molecule has 0 radical (unpaired) electrons. The fourth-order valence-electron chi connectivity index (χ4n) is 4.56. The van der Waals surface area contributed by atoms with Crippen LogP contribution in [-0.2, 0) is 18.4 Å². The molecule has 0 atom stereocenters. The number of aryl methyl sites for hydroxylation is 2. The number of hydrogen-bond donors (Lipinski definition) is 0. The lowest BCUT2D eigenvalue weighted by atomic mass is 10.1. The molecule has 0 spiro atoms. The first kappa shape index (κ1) is 20.6. The van der Waals surface area contributed by atoms with E-state index < -0.39 is 0 Å². The number of fused-ring (bicyclic) bond motifs is 3. The lowest BCUT2D eigenvalue weighted by Gasteiger charge is -2.37. The van der Waals surface area contributed by atoms with Crippen LogP contribution in [0.4, 0.5) is 5.69 Å². The van der Waals surface area contributed by atoms with Gasteiger partial charge in [0.1, 0.15) is 12.1 Å². The monoisotopic (exact) mass is 449 g/mol. The fourth-order valence-corrected chi connectivity index (χ4v) is 4.73. The number of para-hydroxylation sites is 1. The van der Waals surface area contributed by atoms with Gasteiger partial charge in [0.15, 0.2) is 0 Å². The van der Waals surface area contributed by atoms with Gasteiger partial charge in [-0.1, -0.05) is 35.9 Å². The molecule has 0 unspecified atom stereocenters. The van der Waals surface area contributed by atoms with Crippen LogP contribution in [0.5, 0.6) is 0 Å². The number of rotatable bonds is 3. The summed E-state index contributed by atoms with van der Waals surface area (Å²) in [5.74, 6) is 0.00832. The highest BCUT2D eigenvalue weighted by molar-refractivity contribution is 6.30. The van der Waals surface area contributed by atoms with Crippen LogP contribution in [0.15, 0.2) is 53.5 Å². The molecule has 164 valence electrons. The number of carbonyl (C=O) groups is 1. The second kappa shape index (κ2) is 7.98. The maximum absolute atomic E-state index is 13.3. The molecule has 0 saturated carbocycles. The van der Waals surface area contributed by atoms with Gasteiger partial charge in [0.2, 0.25) is 5.91 Å². The molecule has 3 heterocycles. The zero-order chi connectivity index (χ0) is 22.4. The van der Waals surface area contributed by atoms with E-state index in [1.165, 1.54) is 10.2 Å². The minimum Gasteiger partial charge on any atom is -0.368 e. The predicted molar refractivity (Wildman–Crippen MR) is 127 cm³/mol. The zero-order valence-electron chi connectivity index (χ0n) is 18.1. The topological polar surface area (TPSA) is 63.4 Å². The summed E-state index contributed by atoms with van der Waals surface area (Å²) in [4.78, 5) is 30.3. The molecule has 0 bridgehead atoms. The van der Waals surface area contributed by atoms with Gasteiger partial charge in [-0.05, 0) is 30.7 Å². The van der Waals surface area contributed by atoms with E-state index in [2.05, 4.69) is 16.9 Å². The molecular formula is C24H24ClN5O2. The summed E-state index contributed by atoms with van der Waals surface area (Å²) >= 11 is 6.19. The van der Waals surface area contributed by atoms with E-state index in [1.54, 1.807) is 13.2 Å². The predicted octanol–water partition coefficient (Wildman–Crippen LogP) is 3.20. The van der Waals surface area contributed by atoms with Gasteiger partial charge in [-0.25, -0.2) is 4.68 Å². The molecule has 0 N–H and O–H groups in total. The molecule has 1 amide bonds. The minimum atomic E-state index is -0.201. The molecule has 32 heavy (non-hydrogen) atoms. The molecule has 4 aromatic rings. The van der Waals surface area contributed by atoms with Crippen molar-refractivity contribution in [3.63, 3.8) is 0 Å². The van der Waals surface area contributed by atoms with Crippen molar-refractivity contribution in [2.75, 3.05) is 31.1 Å². The Balaban J connectivity index is 1.41. The molecular weight excluding hydrogens is 426 g/mol. The molecule has 1 aliphatic rings. The van der Waals surface area contributed by atoms with Crippen molar-refractivity contribution in [3.8, 4) is 0 Å². The second-order valence-corrected chi connectivity index (χ2v) is 8.67. The van der Waals surface area contributed by atoms with E-state index in [-0.39, 0.29) is 18.0 Å². The van der Waals surface area contributed by atoms with E-state index in [0.29, 0.717) is 23.6 Å². The highest BCUT2D eigenvalue weighted by Gasteiger charge is 2.24. The number of carbonyl (C=O) groups excluding carboxylic acids is 1. The fraction of sp³-hybridized carbons (Fsp3) is 0.292. The smallest absolute Gasteiger partial charge is 0.291 e. The van der Waals surface area contributed by atoms with Crippen molar-refractivity contribution in [1.82, 2.24) is 19.2 Å². The van der Waals surface area contributed by atoms with Gasteiger partial charge >= 0.3 is 0 Å². The first-order chi connectivity index (χ1) is 15.4. The molecule has 1 saturated heterocycles. The quantitative estimate of drug-likeness (QED) is 0.482. The van der Waals surface area contributed by atoms with E-state index in [0.717, 1.165) is 35.1 Å². The molecule has 7 nitrogen and oxygen atoms in total. The van der Waals surface area contributed by atoms with Crippen LogP contribution < -0.4 is 10.5 Å². The summed E-state index contributed by atoms with van der Waals surface area (Å²) in [6, 6.07) is 13.7. The van der Waals surface area contributed by atoms with Gasteiger partial charge in [-0.15, -0.1) is 0 Å². The van der Waals surface area contributed by atoms with Gasteiger partial charge in [-0.3, -0.25) is 9.59 Å². The molecule has 2 aromatic carbocycles. The van der Waals surface area contributed by atoms with Gasteiger partial charge in [0, 0.05) is 60.2 Å². The van der Waals surface area contributed by atoms with E-state index in [1.807, 2.05) is 51.9 Å². The average Bonchev–Trinajstić information content (AvgIpc) is 3.12. The normalized spacial score (nSPS) is 14.5. The van der Waals surface area contributed by atoms with Gasteiger partial charge in [0.05, 0.1) is 6.20 Å². The van der Waals surface area contributed by atoms with Crippen LogP contribution in [0.25, 0.3) is 21.8 Å². The highest BCUT2D eigenvalue weighted by atomic mass is 35.5. The zero-order valence-corrected chi connectivity index (χ0v) is 18.8. The van der Waals surface area contributed by atoms with E-state index in [4.69, 9.17) is 11.6 Å². The summed E-state index contributed by atoms with van der Waals surface area (Å²) in [5, 5.41) is 6.59. The first-order valence-electron chi connectivity index (χ1n) is 10.7. The minimum absolute atomic E-state index is 0.00832. The van der Waals surface area contributed by atoms with Crippen LogP contribution in [0, 0.1) is 6.92 Å². The van der Waals surface area contributed by atoms with Crippen molar-refractivity contribution in [2.24, 2.45) is 7.05 Å². The summed E-state index contributed by atoms with van der Waals surface area (Å²) in [7, 11) is 1.63. The number of amides is 1. The Labute approximate surface area is 190 Å². The maximum atomic E-state index is 13.3. The van der Waals surface area contributed by atoms with Crippen molar-refractivity contribution < 1.29 is 4.79 Å². The van der Waals surface area contributed by atoms with Crippen molar-refractivity contribution >= 4 is 45.0 Å². The lowest BCUT2D eigenvalue weighted by molar-refractivity contribution is -0.132. The Morgan fingerprint density at radius 3 is 2.59 bits per heavy atom. The molecule has 2 aromatic heterocycles. The molecule has 1 fully saturated rings. The highest BCUT2D eigenvalue weighted by Crippen LogP contribution is 2.27. The number of halogens is 1. The SMILES string of the molecule is Cc1ccc(Cl)cc1N1CCN(C(=O)Cn2c3ccccc3c3cnn(C)c(=O)c32)CC1. The molecule has 0 aliphatic carbocycles. The molecule has 5 rings (SSSR count). The Morgan fingerprint density at radius 1 is 1.06 bits per heavy atom. The third kappa shape index (κ3) is 3.42. The van der Waals surface area contributed by atoms with Crippen LogP contribution in [0.1, 0.15) is 5.56 Å². The Morgan fingerprint density at radius 2 is 1.81 bits per heavy atom. The average molecular weight is 450 g/mol. The van der Waals surface area contributed by atoms with Gasteiger partial charge in [0.25, 0.3) is 5.56 Å². The lowest BCUT2D eigenvalue weighted by Crippen LogP contribution is -2.49. The summed E-state index contributed by atoms with van der Waals surface area (Å²) < 4.78 is 3.15. The van der Waals surface area contributed by atoms with Crippen molar-refractivity contribution in [2.45, 2.75) is 13.5 Å². The van der Waals surface area contributed by atoms with Crippen LogP contribution in [-0.4, -0.2) is 51.3 Å². The Kier molecular flexibility index (Phi) is 5.13. The Bertz CT molecular complexity index is 1400. The van der Waals surface area contributed by atoms with E-state index >= 15 is 0 Å². The third-order valence-corrected chi connectivity index (χ3v) is 6.54. The number of hydrogen-bond acceptors (Lipinski definition) is 4. The first-order valence-corrected chi connectivity index (χ1v) is 11.0. The van der Waals surface area contributed by atoms with Crippen molar-refractivity contribution in [1.29, 1.82) is 0 Å².